The number of halogens is 4. The number of amides is 1. The summed E-state index contributed by atoms with van der Waals surface area (Å²) < 4.78 is 72.1. The SMILES string of the molecule is Cc1nn(C)cc1S(=O)(=O)NC(=O)c1ccc(-n2ccc(OC3=C(C(F)(F)F)C3)n2)nc1Cl. The molecule has 10 nitrogen and oxygen atoms in total. The zero-order valence-electron chi connectivity index (χ0n) is 16.9. The van der Waals surface area contributed by atoms with Gasteiger partial charge >= 0.3 is 6.18 Å². The van der Waals surface area contributed by atoms with Gasteiger partial charge in [0.15, 0.2) is 5.82 Å². The van der Waals surface area contributed by atoms with E-state index in [9.17, 15) is 26.4 Å². The maximum absolute atomic E-state index is 12.6. The molecule has 0 unspecified atom stereocenters. The average molecular weight is 503 g/mol. The van der Waals surface area contributed by atoms with E-state index in [0.717, 1.165) is 0 Å². The number of aryl methyl sites for hydroxylation is 2. The number of allylic oxidation sites excluding steroid dienone is 2. The molecule has 33 heavy (non-hydrogen) atoms. The van der Waals surface area contributed by atoms with Gasteiger partial charge in [0.1, 0.15) is 15.8 Å². The molecule has 0 spiro atoms. The van der Waals surface area contributed by atoms with Crippen LogP contribution in [0.4, 0.5) is 13.2 Å². The molecule has 1 amide bonds. The maximum Gasteiger partial charge on any atom is 0.416 e. The van der Waals surface area contributed by atoms with Crippen molar-refractivity contribution in [2.45, 2.75) is 24.4 Å². The molecule has 0 atom stereocenters. The number of nitrogens with zero attached hydrogens (tertiary/aromatic N) is 5. The van der Waals surface area contributed by atoms with E-state index in [-0.39, 0.29) is 45.2 Å². The second-order valence-corrected chi connectivity index (χ2v) is 8.98. The van der Waals surface area contributed by atoms with Gasteiger partial charge in [-0.25, -0.2) is 22.8 Å². The molecule has 174 valence electrons. The molecule has 0 saturated carbocycles. The monoisotopic (exact) mass is 502 g/mol. The minimum Gasteiger partial charge on any atom is -0.441 e. The summed E-state index contributed by atoms with van der Waals surface area (Å²) in [6.45, 7) is 1.48. The fourth-order valence-electron chi connectivity index (χ4n) is 2.88. The van der Waals surface area contributed by atoms with E-state index in [4.69, 9.17) is 16.3 Å². The van der Waals surface area contributed by atoms with E-state index in [1.807, 2.05) is 4.72 Å². The molecule has 0 bridgehead atoms. The van der Waals surface area contributed by atoms with E-state index in [2.05, 4.69) is 15.2 Å². The van der Waals surface area contributed by atoms with E-state index in [1.165, 1.54) is 53.9 Å². The number of pyridine rings is 1. The van der Waals surface area contributed by atoms with Crippen LogP contribution in [0.2, 0.25) is 5.15 Å². The normalized spacial score (nSPS) is 13.9. The Labute approximate surface area is 189 Å². The number of rotatable bonds is 6. The lowest BCUT2D eigenvalue weighted by atomic mass is 10.3. The Morgan fingerprint density at radius 3 is 2.55 bits per heavy atom. The lowest BCUT2D eigenvalue weighted by Crippen LogP contribution is -2.31. The molecule has 0 saturated heterocycles. The highest BCUT2D eigenvalue weighted by atomic mass is 35.5. The van der Waals surface area contributed by atoms with E-state index < -0.39 is 27.7 Å². The third kappa shape index (κ3) is 4.71. The van der Waals surface area contributed by atoms with Gasteiger partial charge in [-0.1, -0.05) is 11.6 Å². The smallest absolute Gasteiger partial charge is 0.416 e. The third-order valence-corrected chi connectivity index (χ3v) is 6.20. The molecule has 1 N–H and O–H groups in total. The number of carbonyl (C=O) groups is 1. The predicted octanol–water partition coefficient (Wildman–Crippen LogP) is 2.68. The molecule has 15 heteroatoms. The highest BCUT2D eigenvalue weighted by molar-refractivity contribution is 7.90. The zero-order chi connectivity index (χ0) is 24.1. The van der Waals surface area contributed by atoms with Crippen LogP contribution in [0.25, 0.3) is 5.82 Å². The topological polar surface area (TPSA) is 121 Å². The van der Waals surface area contributed by atoms with Crippen LogP contribution >= 0.6 is 11.6 Å². The van der Waals surface area contributed by atoms with Gasteiger partial charge in [-0.05, 0) is 19.1 Å². The lowest BCUT2D eigenvalue weighted by Gasteiger charge is -2.08. The average Bonchev–Trinajstić information content (AvgIpc) is 3.17. The second-order valence-electron chi connectivity index (χ2n) is 6.97. The van der Waals surface area contributed by atoms with Gasteiger partial charge in [0.05, 0.1) is 16.8 Å². The quantitative estimate of drug-likeness (QED) is 0.514. The first-order valence-electron chi connectivity index (χ1n) is 9.12. The van der Waals surface area contributed by atoms with Crippen molar-refractivity contribution in [1.82, 2.24) is 29.3 Å². The van der Waals surface area contributed by atoms with Crippen LogP contribution < -0.4 is 9.46 Å². The predicted molar refractivity (Wildman–Crippen MR) is 107 cm³/mol. The summed E-state index contributed by atoms with van der Waals surface area (Å²) in [5.41, 5.74) is -0.754. The zero-order valence-corrected chi connectivity index (χ0v) is 18.5. The fourth-order valence-corrected chi connectivity index (χ4v) is 4.30. The fraction of sp³-hybridized carbons (Fsp3) is 0.222. The minimum atomic E-state index is -4.44. The van der Waals surface area contributed by atoms with Crippen LogP contribution in [0.3, 0.4) is 0 Å². The van der Waals surface area contributed by atoms with E-state index in [1.54, 1.807) is 0 Å². The van der Waals surface area contributed by atoms with Gasteiger partial charge < -0.3 is 4.74 Å². The van der Waals surface area contributed by atoms with E-state index in [0.29, 0.717) is 0 Å². The molecular formula is C18H14ClF3N6O4S. The number of hydrogen-bond donors (Lipinski definition) is 1. The number of hydrogen-bond acceptors (Lipinski definition) is 7. The Bertz CT molecular complexity index is 1410. The number of aromatic nitrogens is 5. The highest BCUT2D eigenvalue weighted by Crippen LogP contribution is 2.44. The molecule has 4 rings (SSSR count). The van der Waals surface area contributed by atoms with Crippen LogP contribution in [0.15, 0.2) is 46.8 Å². The molecule has 3 aromatic rings. The molecule has 0 radical (unpaired) electrons. The maximum atomic E-state index is 12.6. The van der Waals surface area contributed by atoms with Crippen LogP contribution in [-0.2, 0) is 17.1 Å². The third-order valence-electron chi connectivity index (χ3n) is 4.48. The summed E-state index contributed by atoms with van der Waals surface area (Å²) in [6.07, 6.45) is -2.11. The molecule has 3 heterocycles. The number of sulfonamides is 1. The van der Waals surface area contributed by atoms with Crippen molar-refractivity contribution in [3.05, 3.63) is 58.3 Å². The standard InChI is InChI=1S/C18H14ClF3N6O4S/c1-9-13(8-27(2)24-9)33(30,31)26-17(29)10-3-4-14(23-16(10)19)28-6-5-15(25-28)32-12-7-11(12)18(20,21)22/h3-6,8H,7H2,1-2H3,(H,26,29). The van der Waals surface area contributed by atoms with Crippen molar-refractivity contribution in [2.75, 3.05) is 0 Å². The van der Waals surface area contributed by atoms with Gasteiger partial charge in [0, 0.05) is 31.9 Å². The van der Waals surface area contributed by atoms with Crippen molar-refractivity contribution < 1.29 is 31.1 Å². The Hall–Kier alpha value is -3.39. The molecule has 1 aliphatic rings. The van der Waals surface area contributed by atoms with Crippen molar-refractivity contribution >= 4 is 27.5 Å². The molecule has 3 aromatic heterocycles. The summed E-state index contributed by atoms with van der Waals surface area (Å²) in [5.74, 6) is -1.18. The summed E-state index contributed by atoms with van der Waals surface area (Å²) in [4.78, 5) is 16.3. The number of alkyl halides is 3. The Balaban J connectivity index is 1.50. The number of nitrogens with one attached hydrogen (secondary N) is 1. The van der Waals surface area contributed by atoms with E-state index >= 15 is 0 Å². The van der Waals surface area contributed by atoms with Crippen LogP contribution in [-0.4, -0.2) is 45.0 Å². The summed E-state index contributed by atoms with van der Waals surface area (Å²) >= 11 is 6.07. The molecule has 0 fully saturated rings. The summed E-state index contributed by atoms with van der Waals surface area (Å²) in [6, 6.07) is 3.90. The lowest BCUT2D eigenvalue weighted by molar-refractivity contribution is -0.0879. The van der Waals surface area contributed by atoms with Gasteiger partial charge in [-0.2, -0.15) is 18.3 Å². The summed E-state index contributed by atoms with van der Waals surface area (Å²) in [7, 11) is -2.66. The van der Waals surface area contributed by atoms with Crippen molar-refractivity contribution in [3.63, 3.8) is 0 Å². The molecule has 0 aromatic carbocycles. The Morgan fingerprint density at radius 1 is 1.24 bits per heavy atom. The van der Waals surface area contributed by atoms with Crippen LogP contribution in [0.5, 0.6) is 5.88 Å². The number of ether oxygens (including phenoxy) is 1. The van der Waals surface area contributed by atoms with Gasteiger partial charge in [-0.15, -0.1) is 5.10 Å². The Kier molecular flexibility index (Phi) is 5.44. The minimum absolute atomic E-state index is 0.0816. The molecule has 0 aliphatic heterocycles. The highest BCUT2D eigenvalue weighted by Gasteiger charge is 2.46. The first-order valence-corrected chi connectivity index (χ1v) is 11.0. The first-order chi connectivity index (χ1) is 15.3. The second kappa shape index (κ2) is 7.88. The summed E-state index contributed by atoms with van der Waals surface area (Å²) in [5, 5.41) is 7.58. The van der Waals surface area contributed by atoms with Crippen molar-refractivity contribution in [2.24, 2.45) is 7.05 Å². The van der Waals surface area contributed by atoms with Gasteiger partial charge in [0.25, 0.3) is 15.9 Å². The first kappa shape index (κ1) is 22.8. The Morgan fingerprint density at radius 2 is 1.97 bits per heavy atom. The van der Waals surface area contributed by atoms with Gasteiger partial charge in [0.2, 0.25) is 5.88 Å². The van der Waals surface area contributed by atoms with Gasteiger partial charge in [-0.3, -0.25) is 9.48 Å². The molecular weight excluding hydrogens is 489 g/mol. The van der Waals surface area contributed by atoms with Crippen molar-refractivity contribution in [1.29, 1.82) is 0 Å². The number of carbonyl (C=O) groups excluding carboxylic acids is 1. The largest absolute Gasteiger partial charge is 0.441 e. The van der Waals surface area contributed by atoms with Crippen LogP contribution in [0.1, 0.15) is 22.5 Å². The van der Waals surface area contributed by atoms with Crippen molar-refractivity contribution in [3.8, 4) is 11.7 Å². The van der Waals surface area contributed by atoms with Crippen LogP contribution in [0, 0.1) is 6.92 Å². The molecule has 1 aliphatic carbocycles.